The van der Waals surface area contributed by atoms with Crippen LogP contribution in [-0.2, 0) is 14.8 Å². The highest BCUT2D eigenvalue weighted by Crippen LogP contribution is 2.20. The highest BCUT2D eigenvalue weighted by molar-refractivity contribution is 7.92. The number of nitrogens with zero attached hydrogens (tertiary/aromatic N) is 2. The van der Waals surface area contributed by atoms with Gasteiger partial charge in [0, 0.05) is 5.02 Å². The van der Waals surface area contributed by atoms with Gasteiger partial charge in [0.05, 0.1) is 29.6 Å². The van der Waals surface area contributed by atoms with Crippen molar-refractivity contribution >= 4 is 33.2 Å². The molecule has 0 aliphatic heterocycles. The molecule has 0 fully saturated rings. The monoisotopic (exact) mass is 391 g/mol. The molecule has 1 amide bonds. The lowest BCUT2D eigenvalue weighted by molar-refractivity contribution is -0.120. The van der Waals surface area contributed by atoms with Gasteiger partial charge in [-0.3, -0.25) is 9.10 Å². The third-order valence-corrected chi connectivity index (χ3v) is 5.05. The molecule has 0 saturated heterocycles. The van der Waals surface area contributed by atoms with E-state index in [4.69, 9.17) is 16.9 Å². The molecule has 26 heavy (non-hydrogen) atoms. The van der Waals surface area contributed by atoms with Crippen molar-refractivity contribution in [2.75, 3.05) is 17.1 Å². The molecule has 8 heteroatoms. The fraction of sp³-hybridized carbons (Fsp3) is 0.222. The zero-order chi connectivity index (χ0) is 19.3. The summed E-state index contributed by atoms with van der Waals surface area (Å²) < 4.78 is 25.2. The van der Waals surface area contributed by atoms with Crippen molar-refractivity contribution in [1.82, 2.24) is 5.32 Å². The second kappa shape index (κ2) is 8.21. The van der Waals surface area contributed by atoms with Crippen LogP contribution in [0.5, 0.6) is 0 Å². The highest BCUT2D eigenvalue weighted by atomic mass is 35.5. The van der Waals surface area contributed by atoms with Gasteiger partial charge in [0.1, 0.15) is 6.54 Å². The van der Waals surface area contributed by atoms with Crippen molar-refractivity contribution in [2.45, 2.75) is 13.0 Å². The first-order chi connectivity index (χ1) is 12.2. The van der Waals surface area contributed by atoms with Gasteiger partial charge in [-0.2, -0.15) is 5.26 Å². The minimum atomic E-state index is -3.70. The lowest BCUT2D eigenvalue weighted by Crippen LogP contribution is -2.41. The van der Waals surface area contributed by atoms with E-state index in [2.05, 4.69) is 5.32 Å². The van der Waals surface area contributed by atoms with E-state index in [-0.39, 0.29) is 11.7 Å². The summed E-state index contributed by atoms with van der Waals surface area (Å²) in [6, 6.07) is 14.8. The Hall–Kier alpha value is -2.56. The number of sulfonamides is 1. The summed E-state index contributed by atoms with van der Waals surface area (Å²) in [6.45, 7) is 1.39. The van der Waals surface area contributed by atoms with Gasteiger partial charge < -0.3 is 5.32 Å². The summed E-state index contributed by atoms with van der Waals surface area (Å²) in [7, 11) is -3.70. The molecular weight excluding hydrogens is 374 g/mol. The molecule has 2 rings (SSSR count). The molecule has 0 unspecified atom stereocenters. The molecule has 0 aromatic heterocycles. The molecule has 1 atom stereocenters. The SMILES string of the molecule is C[C@@H](NC(=O)CN(c1cccc(C#N)c1)S(C)(=O)=O)c1cccc(Cl)c1. The van der Waals surface area contributed by atoms with Gasteiger partial charge in [0.2, 0.25) is 15.9 Å². The average Bonchev–Trinajstić information content (AvgIpc) is 2.58. The van der Waals surface area contributed by atoms with Gasteiger partial charge in [0.15, 0.2) is 0 Å². The van der Waals surface area contributed by atoms with Crippen molar-refractivity contribution in [3.05, 3.63) is 64.7 Å². The number of halogens is 1. The fourth-order valence-corrected chi connectivity index (χ4v) is 3.45. The molecule has 0 bridgehead atoms. The molecule has 0 spiro atoms. The Morgan fingerprint density at radius 3 is 2.58 bits per heavy atom. The van der Waals surface area contributed by atoms with Crippen LogP contribution in [0.4, 0.5) is 5.69 Å². The number of carbonyl (C=O) groups is 1. The molecule has 2 aromatic carbocycles. The highest BCUT2D eigenvalue weighted by Gasteiger charge is 2.22. The second-order valence-electron chi connectivity index (χ2n) is 5.78. The largest absolute Gasteiger partial charge is 0.348 e. The Morgan fingerprint density at radius 1 is 1.27 bits per heavy atom. The van der Waals surface area contributed by atoms with Gasteiger partial charge in [-0.15, -0.1) is 0 Å². The number of benzene rings is 2. The molecule has 136 valence electrons. The Labute approximate surface area is 158 Å². The standard InChI is InChI=1S/C18H18ClN3O3S/c1-13(15-6-4-7-16(19)10-15)21-18(23)12-22(26(2,24)25)17-8-3-5-14(9-17)11-20/h3-10,13H,12H2,1-2H3,(H,21,23)/t13-/m1/s1. The topological polar surface area (TPSA) is 90.3 Å². The van der Waals surface area contributed by atoms with Gasteiger partial charge in [0.25, 0.3) is 0 Å². The molecule has 6 nitrogen and oxygen atoms in total. The average molecular weight is 392 g/mol. The predicted molar refractivity (Wildman–Crippen MR) is 101 cm³/mol. The first-order valence-electron chi connectivity index (χ1n) is 7.73. The number of hydrogen-bond acceptors (Lipinski definition) is 4. The van der Waals surface area contributed by atoms with E-state index < -0.39 is 22.5 Å². The summed E-state index contributed by atoms with van der Waals surface area (Å²) in [5.41, 5.74) is 1.38. The first-order valence-corrected chi connectivity index (χ1v) is 9.96. The van der Waals surface area contributed by atoms with E-state index in [9.17, 15) is 13.2 Å². The van der Waals surface area contributed by atoms with Crippen molar-refractivity contribution < 1.29 is 13.2 Å². The van der Waals surface area contributed by atoms with Crippen LogP contribution in [0.15, 0.2) is 48.5 Å². The van der Waals surface area contributed by atoms with Crippen LogP contribution >= 0.6 is 11.6 Å². The maximum absolute atomic E-state index is 12.4. The first kappa shape index (κ1) is 19.8. The van der Waals surface area contributed by atoms with E-state index in [1.54, 1.807) is 37.3 Å². The molecule has 0 heterocycles. The van der Waals surface area contributed by atoms with Gasteiger partial charge in [-0.25, -0.2) is 8.42 Å². The molecular formula is C18H18ClN3O3S. The molecule has 0 saturated carbocycles. The summed E-state index contributed by atoms with van der Waals surface area (Å²) >= 11 is 5.95. The van der Waals surface area contributed by atoms with E-state index in [1.165, 1.54) is 12.1 Å². The molecule has 0 aliphatic rings. The zero-order valence-corrected chi connectivity index (χ0v) is 15.9. The second-order valence-corrected chi connectivity index (χ2v) is 8.12. The molecule has 0 aliphatic carbocycles. The smallest absolute Gasteiger partial charge is 0.241 e. The van der Waals surface area contributed by atoms with E-state index in [1.807, 2.05) is 12.1 Å². The quantitative estimate of drug-likeness (QED) is 0.819. The van der Waals surface area contributed by atoms with Gasteiger partial charge in [-0.05, 0) is 42.8 Å². The number of hydrogen-bond donors (Lipinski definition) is 1. The van der Waals surface area contributed by atoms with Crippen molar-refractivity contribution in [1.29, 1.82) is 5.26 Å². The van der Waals surface area contributed by atoms with Crippen molar-refractivity contribution in [3.63, 3.8) is 0 Å². The van der Waals surface area contributed by atoms with E-state index in [0.717, 1.165) is 16.1 Å². The van der Waals surface area contributed by atoms with Crippen LogP contribution in [0.2, 0.25) is 5.02 Å². The molecule has 0 radical (unpaired) electrons. The van der Waals surface area contributed by atoms with Crippen LogP contribution in [0, 0.1) is 11.3 Å². The van der Waals surface area contributed by atoms with Crippen molar-refractivity contribution in [3.8, 4) is 6.07 Å². The third kappa shape index (κ3) is 5.22. The number of rotatable bonds is 6. The van der Waals surface area contributed by atoms with E-state index in [0.29, 0.717) is 10.6 Å². The van der Waals surface area contributed by atoms with Crippen molar-refractivity contribution in [2.24, 2.45) is 0 Å². The van der Waals surface area contributed by atoms with E-state index >= 15 is 0 Å². The van der Waals surface area contributed by atoms with Crippen LogP contribution < -0.4 is 9.62 Å². The molecule has 2 aromatic rings. The fourth-order valence-electron chi connectivity index (χ4n) is 2.41. The minimum absolute atomic E-state index is 0.261. The number of carbonyl (C=O) groups excluding carboxylic acids is 1. The summed E-state index contributed by atoms with van der Waals surface area (Å²) in [4.78, 5) is 12.4. The van der Waals surface area contributed by atoms with Crippen LogP contribution in [0.25, 0.3) is 0 Å². The lowest BCUT2D eigenvalue weighted by Gasteiger charge is -2.23. The third-order valence-electron chi connectivity index (χ3n) is 3.68. The normalized spacial score (nSPS) is 12.1. The van der Waals surface area contributed by atoms with Crippen LogP contribution in [0.1, 0.15) is 24.1 Å². The number of amides is 1. The number of anilines is 1. The summed E-state index contributed by atoms with van der Waals surface area (Å²) in [5, 5.41) is 12.3. The Kier molecular flexibility index (Phi) is 6.24. The predicted octanol–water partition coefficient (Wildman–Crippen LogP) is 2.86. The van der Waals surface area contributed by atoms with Gasteiger partial charge >= 0.3 is 0 Å². The zero-order valence-electron chi connectivity index (χ0n) is 14.3. The molecule has 1 N–H and O–H groups in total. The number of nitrogens with one attached hydrogen (secondary N) is 1. The lowest BCUT2D eigenvalue weighted by atomic mass is 10.1. The summed E-state index contributed by atoms with van der Waals surface area (Å²) in [6.07, 6.45) is 1.01. The summed E-state index contributed by atoms with van der Waals surface area (Å²) in [5.74, 6) is -0.467. The minimum Gasteiger partial charge on any atom is -0.348 e. The van der Waals surface area contributed by atoms with Crippen LogP contribution in [-0.4, -0.2) is 27.1 Å². The Morgan fingerprint density at radius 2 is 1.96 bits per heavy atom. The Bertz CT molecular complexity index is 954. The van der Waals surface area contributed by atoms with Gasteiger partial charge in [-0.1, -0.05) is 29.8 Å². The Balaban J connectivity index is 2.18. The maximum Gasteiger partial charge on any atom is 0.241 e. The number of nitriles is 1. The van der Waals surface area contributed by atoms with Crippen LogP contribution in [0.3, 0.4) is 0 Å². The maximum atomic E-state index is 12.4.